The van der Waals surface area contributed by atoms with Gasteiger partial charge in [0.1, 0.15) is 0 Å². The van der Waals surface area contributed by atoms with E-state index in [9.17, 15) is 0 Å². The van der Waals surface area contributed by atoms with Gasteiger partial charge in [0.05, 0.1) is 5.69 Å². The first-order valence-electron chi connectivity index (χ1n) is 5.16. The third-order valence-corrected chi connectivity index (χ3v) is 4.73. The Morgan fingerprint density at radius 1 is 1.33 bits per heavy atom. The first kappa shape index (κ1) is 11.5. The maximum atomic E-state index is 5.98. The Labute approximate surface area is 108 Å². The van der Waals surface area contributed by atoms with Crippen LogP contribution in [-0.4, -0.2) is 0 Å². The lowest BCUT2D eigenvalue weighted by molar-refractivity contribution is 0.315. The Kier molecular flexibility index (Phi) is 2.89. The van der Waals surface area contributed by atoms with Crippen LogP contribution in [0.25, 0.3) is 0 Å². The van der Waals surface area contributed by atoms with Crippen LogP contribution >= 0.6 is 31.9 Å². The summed E-state index contributed by atoms with van der Waals surface area (Å²) in [6.45, 7) is 4.65. The number of halogens is 2. The van der Waals surface area contributed by atoms with Crippen LogP contribution in [-0.2, 0) is 12.8 Å². The molecule has 15 heavy (non-hydrogen) atoms. The molecule has 2 N–H and O–H groups in total. The summed E-state index contributed by atoms with van der Waals surface area (Å²) in [5, 5.41) is 0. The van der Waals surface area contributed by atoms with Crippen molar-refractivity contribution in [1.82, 2.24) is 0 Å². The van der Waals surface area contributed by atoms with Gasteiger partial charge in [-0.1, -0.05) is 13.8 Å². The Morgan fingerprint density at radius 3 is 2.67 bits per heavy atom. The van der Waals surface area contributed by atoms with Gasteiger partial charge in [-0.05, 0) is 73.7 Å². The van der Waals surface area contributed by atoms with Gasteiger partial charge in [-0.2, -0.15) is 0 Å². The number of rotatable bonds is 0. The van der Waals surface area contributed by atoms with Crippen LogP contribution < -0.4 is 5.73 Å². The van der Waals surface area contributed by atoms with Gasteiger partial charge < -0.3 is 5.73 Å². The fourth-order valence-electron chi connectivity index (χ4n) is 2.22. The molecule has 0 aromatic heterocycles. The molecule has 1 aromatic carbocycles. The van der Waals surface area contributed by atoms with Crippen LogP contribution in [0.2, 0.25) is 0 Å². The number of benzene rings is 1. The van der Waals surface area contributed by atoms with E-state index in [0.29, 0.717) is 5.41 Å². The average molecular weight is 333 g/mol. The molecule has 0 fully saturated rings. The smallest absolute Gasteiger partial charge is 0.0605 e. The standard InChI is InChI=1S/C12H15Br2N/c1-12(2)4-3-8-7(6-12)5-9(13)11(15)10(8)14/h5H,3-4,6,15H2,1-2H3. The number of anilines is 1. The molecule has 0 amide bonds. The summed E-state index contributed by atoms with van der Waals surface area (Å²) in [7, 11) is 0. The molecular formula is C12H15Br2N. The van der Waals surface area contributed by atoms with Gasteiger partial charge in [0.25, 0.3) is 0 Å². The van der Waals surface area contributed by atoms with Gasteiger partial charge in [0.15, 0.2) is 0 Å². The van der Waals surface area contributed by atoms with Gasteiger partial charge in [0, 0.05) is 8.95 Å². The van der Waals surface area contributed by atoms with E-state index in [1.807, 2.05) is 0 Å². The van der Waals surface area contributed by atoms with Gasteiger partial charge >= 0.3 is 0 Å². The van der Waals surface area contributed by atoms with Crippen molar-refractivity contribution in [1.29, 1.82) is 0 Å². The topological polar surface area (TPSA) is 26.0 Å². The van der Waals surface area contributed by atoms with E-state index in [1.54, 1.807) is 0 Å². The summed E-state index contributed by atoms with van der Waals surface area (Å²) in [6.07, 6.45) is 3.50. The monoisotopic (exact) mass is 331 g/mol. The van der Waals surface area contributed by atoms with E-state index in [2.05, 4.69) is 51.8 Å². The first-order valence-corrected chi connectivity index (χ1v) is 6.74. The Hall–Kier alpha value is -0.0200. The summed E-state index contributed by atoms with van der Waals surface area (Å²) in [4.78, 5) is 0. The highest BCUT2D eigenvalue weighted by atomic mass is 79.9. The van der Waals surface area contributed by atoms with E-state index in [1.165, 1.54) is 17.5 Å². The van der Waals surface area contributed by atoms with Crippen molar-refractivity contribution in [2.24, 2.45) is 5.41 Å². The molecule has 0 radical (unpaired) electrons. The maximum absolute atomic E-state index is 5.98. The van der Waals surface area contributed by atoms with Crippen LogP contribution in [0.15, 0.2) is 15.0 Å². The van der Waals surface area contributed by atoms with Gasteiger partial charge in [-0.25, -0.2) is 0 Å². The van der Waals surface area contributed by atoms with Crippen LogP contribution in [0.1, 0.15) is 31.4 Å². The quantitative estimate of drug-likeness (QED) is 0.704. The Bertz CT molecular complexity index is 411. The Morgan fingerprint density at radius 2 is 2.00 bits per heavy atom. The van der Waals surface area contributed by atoms with Crippen LogP contribution in [0.3, 0.4) is 0 Å². The summed E-state index contributed by atoms with van der Waals surface area (Å²) in [5.74, 6) is 0. The fourth-order valence-corrected chi connectivity index (χ4v) is 3.63. The minimum atomic E-state index is 0.419. The zero-order valence-corrected chi connectivity index (χ0v) is 12.2. The van der Waals surface area contributed by atoms with Crippen LogP contribution in [0.4, 0.5) is 5.69 Å². The number of nitrogens with two attached hydrogens (primary N) is 1. The van der Waals surface area contributed by atoms with Crippen LogP contribution in [0, 0.1) is 5.41 Å². The molecule has 0 saturated carbocycles. The van der Waals surface area contributed by atoms with Crippen molar-refractivity contribution in [3.8, 4) is 0 Å². The Balaban J connectivity index is 2.54. The van der Waals surface area contributed by atoms with Crippen molar-refractivity contribution < 1.29 is 0 Å². The van der Waals surface area contributed by atoms with Gasteiger partial charge in [-0.15, -0.1) is 0 Å². The highest BCUT2D eigenvalue weighted by Crippen LogP contribution is 2.42. The van der Waals surface area contributed by atoms with E-state index in [-0.39, 0.29) is 0 Å². The number of nitrogen functional groups attached to an aromatic ring is 1. The molecule has 0 bridgehead atoms. The average Bonchev–Trinajstić information content (AvgIpc) is 2.12. The molecule has 0 atom stereocenters. The summed E-state index contributed by atoms with van der Waals surface area (Å²) in [5.41, 5.74) is 10.1. The van der Waals surface area contributed by atoms with E-state index in [0.717, 1.165) is 27.5 Å². The highest BCUT2D eigenvalue weighted by Gasteiger charge is 2.27. The largest absolute Gasteiger partial charge is 0.397 e. The molecule has 1 aromatic rings. The third kappa shape index (κ3) is 2.09. The second kappa shape index (κ2) is 3.77. The molecule has 1 nitrogen and oxygen atoms in total. The lowest BCUT2D eigenvalue weighted by Crippen LogP contribution is -2.22. The van der Waals surface area contributed by atoms with Crippen molar-refractivity contribution in [3.63, 3.8) is 0 Å². The SMILES string of the molecule is CC1(C)CCc2c(cc(Br)c(N)c2Br)C1. The maximum Gasteiger partial charge on any atom is 0.0605 e. The molecule has 0 aliphatic heterocycles. The third-order valence-electron chi connectivity index (χ3n) is 3.17. The molecule has 0 spiro atoms. The fraction of sp³-hybridized carbons (Fsp3) is 0.500. The molecule has 3 heteroatoms. The van der Waals surface area contributed by atoms with Crippen molar-refractivity contribution in [2.45, 2.75) is 33.1 Å². The van der Waals surface area contributed by atoms with Gasteiger partial charge in [-0.3, -0.25) is 0 Å². The highest BCUT2D eigenvalue weighted by molar-refractivity contribution is 9.11. The summed E-state index contributed by atoms with van der Waals surface area (Å²) >= 11 is 7.11. The zero-order valence-electron chi connectivity index (χ0n) is 9.03. The minimum absolute atomic E-state index is 0.419. The number of hydrogen-bond donors (Lipinski definition) is 1. The van der Waals surface area contributed by atoms with Gasteiger partial charge in [0.2, 0.25) is 0 Å². The van der Waals surface area contributed by atoms with Crippen molar-refractivity contribution in [3.05, 3.63) is 26.1 Å². The van der Waals surface area contributed by atoms with Crippen molar-refractivity contribution in [2.75, 3.05) is 5.73 Å². The predicted octanol–water partition coefficient (Wildman–Crippen LogP) is 4.31. The number of fused-ring (bicyclic) bond motifs is 1. The predicted molar refractivity (Wildman–Crippen MR) is 72.1 cm³/mol. The van der Waals surface area contributed by atoms with E-state index < -0.39 is 0 Å². The summed E-state index contributed by atoms with van der Waals surface area (Å²) < 4.78 is 2.09. The van der Waals surface area contributed by atoms with Crippen molar-refractivity contribution >= 4 is 37.5 Å². The lowest BCUT2D eigenvalue weighted by atomic mass is 9.74. The molecule has 1 aliphatic carbocycles. The second-order valence-corrected chi connectivity index (χ2v) is 6.71. The van der Waals surface area contributed by atoms with Crippen LogP contribution in [0.5, 0.6) is 0 Å². The molecule has 0 saturated heterocycles. The molecule has 0 unspecified atom stereocenters. The first-order chi connectivity index (χ1) is 6.91. The van der Waals surface area contributed by atoms with E-state index in [4.69, 9.17) is 5.73 Å². The molecule has 0 heterocycles. The zero-order chi connectivity index (χ0) is 11.2. The van der Waals surface area contributed by atoms with E-state index >= 15 is 0 Å². The molecule has 1 aliphatic rings. The summed E-state index contributed by atoms with van der Waals surface area (Å²) in [6, 6.07) is 2.18. The molecule has 2 rings (SSSR count). The molecule has 82 valence electrons. The normalized spacial score (nSPS) is 18.7. The minimum Gasteiger partial charge on any atom is -0.397 e. The lowest BCUT2D eigenvalue weighted by Gasteiger charge is -2.32. The molecular weight excluding hydrogens is 318 g/mol. The number of hydrogen-bond acceptors (Lipinski definition) is 1. The second-order valence-electron chi connectivity index (χ2n) is 5.06.